The van der Waals surface area contributed by atoms with Crippen LogP contribution in [0.4, 0.5) is 19.0 Å². The topological polar surface area (TPSA) is 45.2 Å². The van der Waals surface area contributed by atoms with Crippen molar-refractivity contribution in [3.63, 3.8) is 0 Å². The quantitative estimate of drug-likeness (QED) is 0.692. The average molecular weight is 405 g/mol. The van der Waals surface area contributed by atoms with E-state index in [0.29, 0.717) is 38.3 Å². The number of aryl methyl sites for hydroxylation is 1. The summed E-state index contributed by atoms with van der Waals surface area (Å²) in [6.45, 7) is 1.90. The first-order valence-electron chi connectivity index (χ1n) is 10.0. The zero-order valence-corrected chi connectivity index (χ0v) is 16.3. The van der Waals surface area contributed by atoms with Gasteiger partial charge in [-0.1, -0.05) is 30.3 Å². The van der Waals surface area contributed by atoms with Crippen LogP contribution in [0.15, 0.2) is 48.7 Å². The number of amides is 1. The largest absolute Gasteiger partial charge is 0.417 e. The number of benzene rings is 1. The maximum Gasteiger partial charge on any atom is 0.417 e. The Hall–Kier alpha value is -2.57. The third-order valence-corrected chi connectivity index (χ3v) is 5.30. The Morgan fingerprint density at radius 1 is 1.07 bits per heavy atom. The Labute approximate surface area is 169 Å². The van der Waals surface area contributed by atoms with Gasteiger partial charge in [0.2, 0.25) is 5.91 Å². The van der Waals surface area contributed by atoms with Gasteiger partial charge in [0.15, 0.2) is 0 Å². The number of aromatic nitrogens is 1. The van der Waals surface area contributed by atoms with E-state index in [1.807, 2.05) is 23.1 Å². The van der Waals surface area contributed by atoms with Gasteiger partial charge in [0, 0.05) is 31.7 Å². The van der Waals surface area contributed by atoms with Crippen molar-refractivity contribution in [2.24, 2.45) is 5.92 Å². The molecule has 0 bridgehead atoms. The van der Waals surface area contributed by atoms with Crippen LogP contribution in [-0.4, -0.2) is 30.5 Å². The van der Waals surface area contributed by atoms with Gasteiger partial charge in [-0.2, -0.15) is 13.2 Å². The van der Waals surface area contributed by atoms with E-state index in [4.69, 9.17) is 0 Å². The van der Waals surface area contributed by atoms with Crippen molar-refractivity contribution in [1.29, 1.82) is 0 Å². The van der Waals surface area contributed by atoms with Crippen molar-refractivity contribution in [3.8, 4) is 0 Å². The number of piperidine rings is 1. The molecule has 0 spiro atoms. The molecule has 1 aliphatic heterocycles. The molecular weight excluding hydrogens is 379 g/mol. The number of carbonyl (C=O) groups is 1. The molecule has 7 heteroatoms. The first-order chi connectivity index (χ1) is 13.9. The highest BCUT2D eigenvalue weighted by Crippen LogP contribution is 2.30. The summed E-state index contributed by atoms with van der Waals surface area (Å²) in [5, 5.41) is 3.02. The molecule has 1 N–H and O–H groups in total. The third kappa shape index (κ3) is 6.21. The van der Waals surface area contributed by atoms with Gasteiger partial charge in [-0.25, -0.2) is 4.98 Å². The highest BCUT2D eigenvalue weighted by atomic mass is 19.4. The molecule has 0 atom stereocenters. The maximum absolute atomic E-state index is 12.6. The summed E-state index contributed by atoms with van der Waals surface area (Å²) >= 11 is 0. The van der Waals surface area contributed by atoms with Crippen LogP contribution < -0.4 is 10.2 Å². The van der Waals surface area contributed by atoms with Crippen LogP contribution in [-0.2, 0) is 17.4 Å². The van der Waals surface area contributed by atoms with Gasteiger partial charge >= 0.3 is 6.18 Å². The van der Waals surface area contributed by atoms with E-state index < -0.39 is 11.7 Å². The van der Waals surface area contributed by atoms with Crippen LogP contribution in [0.2, 0.25) is 0 Å². The zero-order chi connectivity index (χ0) is 20.7. The smallest absolute Gasteiger partial charge is 0.357 e. The normalized spacial score (nSPS) is 15.3. The van der Waals surface area contributed by atoms with Crippen molar-refractivity contribution >= 4 is 11.7 Å². The fraction of sp³-hybridized carbons (Fsp3) is 0.455. The van der Waals surface area contributed by atoms with Crippen LogP contribution in [0.3, 0.4) is 0 Å². The van der Waals surface area contributed by atoms with E-state index in [9.17, 15) is 18.0 Å². The predicted octanol–water partition coefficient (Wildman–Crippen LogP) is 4.46. The molecule has 156 valence electrons. The van der Waals surface area contributed by atoms with Gasteiger partial charge in [-0.3, -0.25) is 4.79 Å². The standard InChI is InChI=1S/C22H26F3N3O/c23-22(24,25)19-9-10-20(27-16-19)28-14-11-18(12-15-28)21(29)26-13-5-4-8-17-6-2-1-3-7-17/h1-3,6-7,9-10,16,18H,4-5,8,11-15H2,(H,26,29). The van der Waals surface area contributed by atoms with Crippen LogP contribution in [0.5, 0.6) is 0 Å². The number of hydrogen-bond acceptors (Lipinski definition) is 3. The summed E-state index contributed by atoms with van der Waals surface area (Å²) in [5.41, 5.74) is 0.561. The second kappa shape index (κ2) is 9.76. The van der Waals surface area contributed by atoms with Crippen molar-refractivity contribution < 1.29 is 18.0 Å². The summed E-state index contributed by atoms with van der Waals surface area (Å²) in [6, 6.07) is 12.7. The molecule has 3 rings (SSSR count). The second-order valence-electron chi connectivity index (χ2n) is 7.40. The molecule has 0 saturated carbocycles. The lowest BCUT2D eigenvalue weighted by Crippen LogP contribution is -2.41. The van der Waals surface area contributed by atoms with E-state index in [2.05, 4.69) is 22.4 Å². The number of rotatable bonds is 7. The Morgan fingerprint density at radius 2 is 1.79 bits per heavy atom. The molecule has 1 aromatic carbocycles. The van der Waals surface area contributed by atoms with Gasteiger partial charge in [0.25, 0.3) is 0 Å². The Balaban J connectivity index is 1.36. The lowest BCUT2D eigenvalue weighted by atomic mass is 9.96. The lowest BCUT2D eigenvalue weighted by Gasteiger charge is -2.32. The molecule has 1 amide bonds. The molecule has 1 fully saturated rings. The van der Waals surface area contributed by atoms with E-state index in [-0.39, 0.29) is 11.8 Å². The number of nitrogens with zero attached hydrogens (tertiary/aromatic N) is 2. The molecular formula is C22H26F3N3O. The van der Waals surface area contributed by atoms with Crippen LogP contribution in [0.1, 0.15) is 36.8 Å². The van der Waals surface area contributed by atoms with Gasteiger partial charge in [0.05, 0.1) is 5.56 Å². The van der Waals surface area contributed by atoms with Crippen LogP contribution in [0, 0.1) is 5.92 Å². The molecule has 1 aliphatic rings. The molecule has 2 aromatic rings. The van der Waals surface area contributed by atoms with Crippen molar-refractivity contribution in [2.75, 3.05) is 24.5 Å². The summed E-state index contributed by atoms with van der Waals surface area (Å²) in [4.78, 5) is 18.2. The van der Waals surface area contributed by atoms with Gasteiger partial charge < -0.3 is 10.2 Å². The molecule has 1 saturated heterocycles. The highest BCUT2D eigenvalue weighted by Gasteiger charge is 2.31. The number of anilines is 1. The molecule has 1 aromatic heterocycles. The molecule has 4 nitrogen and oxygen atoms in total. The number of halogens is 3. The molecule has 0 radical (unpaired) electrons. The number of carbonyl (C=O) groups excluding carboxylic acids is 1. The van der Waals surface area contributed by atoms with Crippen molar-refractivity contribution in [3.05, 3.63) is 59.8 Å². The van der Waals surface area contributed by atoms with E-state index >= 15 is 0 Å². The lowest BCUT2D eigenvalue weighted by molar-refractivity contribution is -0.137. The summed E-state index contributed by atoms with van der Waals surface area (Å²) < 4.78 is 37.9. The molecule has 2 heterocycles. The summed E-state index contributed by atoms with van der Waals surface area (Å²) in [6.07, 6.45) is 0.824. The number of nitrogens with one attached hydrogen (secondary N) is 1. The fourth-order valence-corrected chi connectivity index (χ4v) is 3.57. The SMILES string of the molecule is O=C(NCCCCc1ccccc1)C1CCN(c2ccc(C(F)(F)F)cn2)CC1. The molecule has 0 aliphatic carbocycles. The minimum Gasteiger partial charge on any atom is -0.357 e. The first-order valence-corrected chi connectivity index (χ1v) is 10.0. The monoisotopic (exact) mass is 405 g/mol. The van der Waals surface area contributed by atoms with Gasteiger partial charge in [-0.05, 0) is 49.8 Å². The highest BCUT2D eigenvalue weighted by molar-refractivity contribution is 5.78. The zero-order valence-electron chi connectivity index (χ0n) is 16.3. The van der Waals surface area contributed by atoms with Crippen molar-refractivity contribution in [1.82, 2.24) is 10.3 Å². The number of unbranched alkanes of at least 4 members (excludes halogenated alkanes) is 1. The third-order valence-electron chi connectivity index (χ3n) is 5.30. The van der Waals surface area contributed by atoms with E-state index in [0.717, 1.165) is 31.5 Å². The first kappa shape index (κ1) is 21.1. The Kier molecular flexibility index (Phi) is 7.12. The van der Waals surface area contributed by atoms with E-state index in [1.54, 1.807) is 0 Å². The van der Waals surface area contributed by atoms with Crippen LogP contribution >= 0.6 is 0 Å². The molecule has 29 heavy (non-hydrogen) atoms. The predicted molar refractivity (Wildman–Crippen MR) is 107 cm³/mol. The van der Waals surface area contributed by atoms with Crippen molar-refractivity contribution in [2.45, 2.75) is 38.3 Å². The second-order valence-corrected chi connectivity index (χ2v) is 7.40. The fourth-order valence-electron chi connectivity index (χ4n) is 3.57. The minimum atomic E-state index is -4.38. The maximum atomic E-state index is 12.6. The number of alkyl halides is 3. The summed E-state index contributed by atoms with van der Waals surface area (Å²) in [5.74, 6) is 0.553. The van der Waals surface area contributed by atoms with E-state index in [1.165, 1.54) is 11.6 Å². The van der Waals surface area contributed by atoms with Gasteiger partial charge in [-0.15, -0.1) is 0 Å². The Bertz CT molecular complexity index is 770. The number of pyridine rings is 1. The minimum absolute atomic E-state index is 0.0465. The average Bonchev–Trinajstić information content (AvgIpc) is 2.74. The molecule has 0 unspecified atom stereocenters. The summed E-state index contributed by atoms with van der Waals surface area (Å²) in [7, 11) is 0. The van der Waals surface area contributed by atoms with Gasteiger partial charge in [0.1, 0.15) is 5.82 Å². The van der Waals surface area contributed by atoms with Crippen LogP contribution in [0.25, 0.3) is 0 Å². The number of hydrogen-bond donors (Lipinski definition) is 1. The Morgan fingerprint density at radius 3 is 2.41 bits per heavy atom.